The summed E-state index contributed by atoms with van der Waals surface area (Å²) in [5.74, 6) is -0.311. The van der Waals surface area contributed by atoms with Crippen LogP contribution in [0.5, 0.6) is 17.2 Å². The molecule has 1 N–H and O–H groups in total. The highest BCUT2D eigenvalue weighted by atomic mass is 16.5. The van der Waals surface area contributed by atoms with E-state index < -0.39 is 17.7 Å². The first kappa shape index (κ1) is 22.7. The van der Waals surface area contributed by atoms with E-state index in [-0.39, 0.29) is 22.9 Å². The molecule has 1 amide bonds. The van der Waals surface area contributed by atoms with Crippen molar-refractivity contribution in [2.75, 3.05) is 21.3 Å². The van der Waals surface area contributed by atoms with E-state index in [0.29, 0.717) is 22.8 Å². The van der Waals surface area contributed by atoms with Gasteiger partial charge in [0.05, 0.1) is 32.9 Å². The Morgan fingerprint density at radius 2 is 1.55 bits per heavy atom. The fraction of sp³-hybridized carbons (Fsp3) is 0.385. The summed E-state index contributed by atoms with van der Waals surface area (Å²) < 4.78 is 16.3. The van der Waals surface area contributed by atoms with Crippen molar-refractivity contribution in [1.82, 2.24) is 4.90 Å². The molecule has 2 aliphatic rings. The average Bonchev–Trinajstić information content (AvgIpc) is 3.13. The second kappa shape index (κ2) is 9.57. The molecule has 2 aromatic rings. The molecule has 1 aliphatic heterocycles. The van der Waals surface area contributed by atoms with Gasteiger partial charge >= 0.3 is 0 Å². The van der Waals surface area contributed by atoms with E-state index in [1.54, 1.807) is 42.3 Å². The number of methoxy groups -OCH3 is 3. The summed E-state index contributed by atoms with van der Waals surface area (Å²) in [6, 6.07) is 11.5. The Morgan fingerprint density at radius 3 is 2.15 bits per heavy atom. The number of Topliss-reactive ketones (excluding diaryl/α,β-unsaturated/α-hetero) is 1. The number of nitrogens with zero attached hydrogens (tertiary/aromatic N) is 1. The van der Waals surface area contributed by atoms with Crippen LogP contribution in [0.4, 0.5) is 0 Å². The lowest BCUT2D eigenvalue weighted by Gasteiger charge is -2.35. The highest BCUT2D eigenvalue weighted by molar-refractivity contribution is 6.46. The number of hydrogen-bond acceptors (Lipinski definition) is 6. The molecule has 4 rings (SSSR count). The first-order chi connectivity index (χ1) is 16.0. The van der Waals surface area contributed by atoms with Gasteiger partial charge in [-0.15, -0.1) is 0 Å². The van der Waals surface area contributed by atoms with Gasteiger partial charge in [0.2, 0.25) is 0 Å². The minimum atomic E-state index is -0.738. The number of aliphatic hydroxyl groups excluding tert-OH is 1. The van der Waals surface area contributed by atoms with Crippen LogP contribution in [0, 0.1) is 0 Å². The summed E-state index contributed by atoms with van der Waals surface area (Å²) in [6.07, 6.45) is 4.76. The molecule has 0 aromatic heterocycles. The van der Waals surface area contributed by atoms with E-state index >= 15 is 0 Å². The number of amides is 1. The van der Waals surface area contributed by atoms with Gasteiger partial charge in [0.25, 0.3) is 11.7 Å². The Balaban J connectivity index is 1.95. The summed E-state index contributed by atoms with van der Waals surface area (Å²) >= 11 is 0. The maximum Gasteiger partial charge on any atom is 0.295 e. The molecular formula is C26H29NO6. The molecule has 1 unspecified atom stereocenters. The van der Waals surface area contributed by atoms with Crippen molar-refractivity contribution in [2.24, 2.45) is 0 Å². The minimum Gasteiger partial charge on any atom is -0.506 e. The molecule has 174 valence electrons. The van der Waals surface area contributed by atoms with E-state index in [2.05, 4.69) is 0 Å². The summed E-state index contributed by atoms with van der Waals surface area (Å²) in [5.41, 5.74) is 0.980. The molecule has 0 bridgehead atoms. The van der Waals surface area contributed by atoms with Gasteiger partial charge in [0.15, 0.2) is 0 Å². The molecule has 2 aromatic carbocycles. The van der Waals surface area contributed by atoms with Crippen LogP contribution in [-0.4, -0.2) is 49.1 Å². The molecule has 0 radical (unpaired) electrons. The van der Waals surface area contributed by atoms with Crippen LogP contribution in [0.15, 0.2) is 48.0 Å². The predicted octanol–water partition coefficient (Wildman–Crippen LogP) is 4.47. The van der Waals surface area contributed by atoms with Gasteiger partial charge in [-0.3, -0.25) is 9.59 Å². The fourth-order valence-electron chi connectivity index (χ4n) is 4.94. The molecule has 1 aliphatic carbocycles. The Labute approximate surface area is 193 Å². The molecule has 1 heterocycles. The van der Waals surface area contributed by atoms with Crippen LogP contribution in [0.1, 0.15) is 49.3 Å². The maximum atomic E-state index is 13.4. The first-order valence-corrected chi connectivity index (χ1v) is 11.2. The zero-order valence-corrected chi connectivity index (χ0v) is 19.2. The van der Waals surface area contributed by atoms with Gasteiger partial charge in [0.1, 0.15) is 28.6 Å². The molecule has 33 heavy (non-hydrogen) atoms. The lowest BCUT2D eigenvalue weighted by molar-refractivity contribution is -0.141. The van der Waals surface area contributed by atoms with Crippen molar-refractivity contribution < 1.29 is 28.9 Å². The minimum absolute atomic E-state index is 0.0293. The Kier molecular flexibility index (Phi) is 6.58. The lowest BCUT2D eigenvalue weighted by Crippen LogP contribution is -2.40. The van der Waals surface area contributed by atoms with Crippen LogP contribution >= 0.6 is 0 Å². The van der Waals surface area contributed by atoms with E-state index in [1.807, 2.05) is 12.1 Å². The molecule has 7 nitrogen and oxygen atoms in total. The Morgan fingerprint density at radius 1 is 0.909 bits per heavy atom. The zero-order valence-electron chi connectivity index (χ0n) is 19.2. The second-order valence-electron chi connectivity index (χ2n) is 8.31. The first-order valence-electron chi connectivity index (χ1n) is 11.2. The zero-order chi connectivity index (χ0) is 23.5. The van der Waals surface area contributed by atoms with Crippen LogP contribution < -0.4 is 14.2 Å². The van der Waals surface area contributed by atoms with Gasteiger partial charge in [-0.05, 0) is 42.7 Å². The summed E-state index contributed by atoms with van der Waals surface area (Å²) in [6.45, 7) is 0. The van der Waals surface area contributed by atoms with Crippen LogP contribution in [-0.2, 0) is 9.59 Å². The predicted molar refractivity (Wildman–Crippen MR) is 124 cm³/mol. The van der Waals surface area contributed by atoms with Gasteiger partial charge in [-0.25, -0.2) is 0 Å². The van der Waals surface area contributed by atoms with Crippen LogP contribution in [0.2, 0.25) is 0 Å². The topological polar surface area (TPSA) is 85.3 Å². The number of ketones is 1. The van der Waals surface area contributed by atoms with Crippen LogP contribution in [0.3, 0.4) is 0 Å². The van der Waals surface area contributed by atoms with E-state index in [4.69, 9.17) is 14.2 Å². The van der Waals surface area contributed by atoms with Gasteiger partial charge < -0.3 is 24.2 Å². The average molecular weight is 452 g/mol. The summed E-state index contributed by atoms with van der Waals surface area (Å²) in [5, 5.41) is 11.5. The number of ether oxygens (including phenoxy) is 3. The van der Waals surface area contributed by atoms with Crippen molar-refractivity contribution in [2.45, 2.75) is 44.2 Å². The molecule has 1 saturated heterocycles. The third-order valence-corrected chi connectivity index (χ3v) is 6.52. The van der Waals surface area contributed by atoms with E-state index in [0.717, 1.165) is 32.1 Å². The lowest BCUT2D eigenvalue weighted by atomic mass is 9.90. The van der Waals surface area contributed by atoms with Gasteiger partial charge in [-0.2, -0.15) is 0 Å². The highest BCUT2D eigenvalue weighted by Crippen LogP contribution is 2.46. The molecule has 2 fully saturated rings. The quantitative estimate of drug-likeness (QED) is 0.396. The molecule has 1 saturated carbocycles. The van der Waals surface area contributed by atoms with E-state index in [9.17, 15) is 14.7 Å². The summed E-state index contributed by atoms with van der Waals surface area (Å²) in [7, 11) is 4.52. The second-order valence-corrected chi connectivity index (χ2v) is 8.31. The number of rotatable bonds is 6. The monoisotopic (exact) mass is 451 g/mol. The number of aliphatic hydroxyl groups is 1. The number of benzene rings is 2. The third kappa shape index (κ3) is 4.03. The number of hydrogen-bond donors (Lipinski definition) is 1. The fourth-order valence-corrected chi connectivity index (χ4v) is 4.94. The maximum absolute atomic E-state index is 13.4. The Hall–Kier alpha value is -3.48. The van der Waals surface area contributed by atoms with E-state index in [1.165, 1.54) is 14.2 Å². The molecule has 7 heteroatoms. The number of carbonyl (C=O) groups excluding carboxylic acids is 2. The van der Waals surface area contributed by atoms with Crippen molar-refractivity contribution >= 4 is 17.4 Å². The molecular weight excluding hydrogens is 422 g/mol. The Bertz CT molecular complexity index is 1060. The smallest absolute Gasteiger partial charge is 0.295 e. The SMILES string of the molecule is COc1cccc(C2/C(=C(\O)c3c(OC)cccc3OC)C(=O)C(=O)N2C2CCCCC2)c1. The van der Waals surface area contributed by atoms with Crippen LogP contribution in [0.25, 0.3) is 5.76 Å². The molecule has 1 atom stereocenters. The van der Waals surface area contributed by atoms with Gasteiger partial charge in [-0.1, -0.05) is 37.5 Å². The number of likely N-dealkylation sites (tertiary alicyclic amines) is 1. The largest absolute Gasteiger partial charge is 0.506 e. The number of carbonyl (C=O) groups is 2. The highest BCUT2D eigenvalue weighted by Gasteiger charge is 2.49. The normalized spacial score (nSPS) is 20.7. The summed E-state index contributed by atoms with van der Waals surface area (Å²) in [4.78, 5) is 28.4. The van der Waals surface area contributed by atoms with Crippen molar-refractivity contribution in [3.05, 3.63) is 59.2 Å². The standard InChI is InChI=1S/C26H29NO6/c1-31-18-12-7-9-16(15-18)23-22(24(28)21-19(32-2)13-8-14-20(21)33-3)25(29)26(30)27(23)17-10-5-4-6-11-17/h7-9,12-15,17,23,28H,4-6,10-11H2,1-3H3/b24-22+. The van der Waals surface area contributed by atoms with Gasteiger partial charge in [0, 0.05) is 6.04 Å². The van der Waals surface area contributed by atoms with Crippen molar-refractivity contribution in [3.8, 4) is 17.2 Å². The van der Waals surface area contributed by atoms with Crippen molar-refractivity contribution in [1.29, 1.82) is 0 Å². The van der Waals surface area contributed by atoms with Crippen molar-refractivity contribution in [3.63, 3.8) is 0 Å². The third-order valence-electron chi connectivity index (χ3n) is 6.52. The molecule has 0 spiro atoms.